The number of benzene rings is 1. The van der Waals surface area contributed by atoms with Crippen molar-refractivity contribution in [1.29, 1.82) is 0 Å². The van der Waals surface area contributed by atoms with E-state index >= 15 is 0 Å². The van der Waals surface area contributed by atoms with Crippen LogP contribution in [0.4, 0.5) is 8.78 Å². The Morgan fingerprint density at radius 2 is 1.96 bits per heavy atom. The van der Waals surface area contributed by atoms with Crippen molar-refractivity contribution in [2.75, 3.05) is 0 Å². The zero-order chi connectivity index (χ0) is 19.3. The second-order valence-electron chi connectivity index (χ2n) is 7.50. The van der Waals surface area contributed by atoms with Crippen molar-refractivity contribution in [2.24, 2.45) is 5.10 Å². The molecule has 5 nitrogen and oxygen atoms in total. The first-order chi connectivity index (χ1) is 13.6. The Hall–Kier alpha value is -3.05. The van der Waals surface area contributed by atoms with Gasteiger partial charge in [-0.2, -0.15) is 10.2 Å². The minimum Gasteiger partial charge on any atom is -0.268 e. The second kappa shape index (κ2) is 6.53. The number of carbonyl (C=O) groups excluding carboxylic acids is 1. The molecule has 0 radical (unpaired) electrons. The highest BCUT2D eigenvalue weighted by atomic mass is 19.1. The molecule has 1 aromatic carbocycles. The predicted molar refractivity (Wildman–Crippen MR) is 98.4 cm³/mol. The van der Waals surface area contributed by atoms with Crippen molar-refractivity contribution < 1.29 is 13.6 Å². The Bertz CT molecular complexity index is 1040. The minimum absolute atomic E-state index is 0.272. The van der Waals surface area contributed by atoms with Gasteiger partial charge in [0.25, 0.3) is 5.91 Å². The van der Waals surface area contributed by atoms with Crippen LogP contribution in [0.1, 0.15) is 48.9 Å². The first kappa shape index (κ1) is 17.1. The van der Waals surface area contributed by atoms with Crippen LogP contribution in [0.2, 0.25) is 0 Å². The summed E-state index contributed by atoms with van der Waals surface area (Å²) < 4.78 is 29.0. The van der Waals surface area contributed by atoms with Gasteiger partial charge in [-0.25, -0.2) is 13.8 Å². The summed E-state index contributed by atoms with van der Waals surface area (Å²) in [5, 5.41) is 9.98. The van der Waals surface area contributed by atoms with Crippen molar-refractivity contribution in [2.45, 2.75) is 44.2 Å². The van der Waals surface area contributed by atoms with Crippen molar-refractivity contribution in [3.63, 3.8) is 0 Å². The summed E-state index contributed by atoms with van der Waals surface area (Å²) in [5.74, 6) is -0.985. The maximum absolute atomic E-state index is 13.5. The Morgan fingerprint density at radius 3 is 2.68 bits per heavy atom. The number of aromatic nitrogens is 2. The molecule has 3 aliphatic rings. The highest BCUT2D eigenvalue weighted by Gasteiger charge is 2.33. The summed E-state index contributed by atoms with van der Waals surface area (Å²) in [6.45, 7) is 0.616. The molecule has 2 aromatic rings. The lowest BCUT2D eigenvalue weighted by molar-refractivity contribution is -0.129. The first-order valence-corrected chi connectivity index (χ1v) is 9.40. The number of halogens is 2. The number of hydrogen-bond acceptors (Lipinski definition) is 3. The molecule has 2 aliphatic carbocycles. The van der Waals surface area contributed by atoms with Crippen molar-refractivity contribution in [3.8, 4) is 0 Å². The highest BCUT2D eigenvalue weighted by molar-refractivity contribution is 5.96. The fourth-order valence-electron chi connectivity index (χ4n) is 3.68. The van der Waals surface area contributed by atoms with Crippen LogP contribution < -0.4 is 0 Å². The van der Waals surface area contributed by atoms with Crippen LogP contribution in [0.25, 0.3) is 0 Å². The topological polar surface area (TPSA) is 50.5 Å². The van der Waals surface area contributed by atoms with Crippen LogP contribution >= 0.6 is 0 Å². The van der Waals surface area contributed by atoms with E-state index < -0.39 is 17.7 Å². The van der Waals surface area contributed by atoms with Gasteiger partial charge in [0.05, 0.1) is 23.9 Å². The number of hydrogen-bond donors (Lipinski definition) is 0. The SMILES string of the molecule is O=C(C1=C=C(Cn2ccc(C3CC3)n2)C1)N1N=CCC1c1cc(F)cc(F)c1. The van der Waals surface area contributed by atoms with Gasteiger partial charge in [0, 0.05) is 37.2 Å². The molecule has 0 N–H and O–H groups in total. The van der Waals surface area contributed by atoms with Crippen LogP contribution in [0.3, 0.4) is 0 Å². The van der Waals surface area contributed by atoms with E-state index in [-0.39, 0.29) is 5.91 Å². The zero-order valence-electron chi connectivity index (χ0n) is 15.1. The molecule has 2 heterocycles. The molecule has 0 spiro atoms. The lowest BCUT2D eigenvalue weighted by Crippen LogP contribution is -2.30. The molecule has 1 aromatic heterocycles. The first-order valence-electron chi connectivity index (χ1n) is 9.40. The molecular weight excluding hydrogens is 362 g/mol. The normalized spacial score (nSPS) is 20.8. The molecule has 28 heavy (non-hydrogen) atoms. The molecule has 1 amide bonds. The number of carbonyl (C=O) groups is 1. The van der Waals surface area contributed by atoms with Crippen molar-refractivity contribution >= 4 is 12.1 Å². The fraction of sp³-hybridized carbons (Fsp3) is 0.333. The molecule has 7 heteroatoms. The standard InChI is InChI=1S/C21H18F2N4O/c22-17-9-15(10-18(23)11-17)20-3-5-24-27(20)21(28)16-7-13(8-16)12-26-6-4-19(25-26)14-1-2-14/h4-6,9-11,14,20H,1-3,7,12H2. The zero-order valence-corrected chi connectivity index (χ0v) is 15.1. The molecule has 1 aliphatic heterocycles. The van der Waals surface area contributed by atoms with Crippen LogP contribution in [0, 0.1) is 11.6 Å². The quantitative estimate of drug-likeness (QED) is 0.740. The molecule has 1 atom stereocenters. The summed E-state index contributed by atoms with van der Waals surface area (Å²) in [4.78, 5) is 12.8. The molecule has 5 rings (SSSR count). The minimum atomic E-state index is -0.663. The smallest absolute Gasteiger partial charge is 0.268 e. The van der Waals surface area contributed by atoms with Gasteiger partial charge >= 0.3 is 0 Å². The van der Waals surface area contributed by atoms with E-state index in [1.54, 1.807) is 6.21 Å². The number of nitrogens with zero attached hydrogens (tertiary/aromatic N) is 4. The van der Waals surface area contributed by atoms with E-state index in [2.05, 4.69) is 15.9 Å². The van der Waals surface area contributed by atoms with Crippen molar-refractivity contribution in [3.05, 3.63) is 70.2 Å². The lowest BCUT2D eigenvalue weighted by Gasteiger charge is -2.25. The maximum Gasteiger partial charge on any atom is 0.278 e. The summed E-state index contributed by atoms with van der Waals surface area (Å²) in [6.07, 6.45) is 6.93. The Morgan fingerprint density at radius 1 is 1.21 bits per heavy atom. The summed E-state index contributed by atoms with van der Waals surface area (Å²) in [5.41, 5.74) is 6.19. The number of hydrazone groups is 1. The molecule has 1 unspecified atom stereocenters. The van der Waals surface area contributed by atoms with E-state index in [9.17, 15) is 13.6 Å². The van der Waals surface area contributed by atoms with Crippen LogP contribution in [0.5, 0.6) is 0 Å². The largest absolute Gasteiger partial charge is 0.278 e. The Kier molecular flexibility index (Phi) is 3.98. The van der Waals surface area contributed by atoms with Crippen LogP contribution in [0.15, 0.2) is 52.4 Å². The average Bonchev–Trinajstić information content (AvgIpc) is 3.17. The third kappa shape index (κ3) is 3.18. The summed E-state index contributed by atoms with van der Waals surface area (Å²) in [6, 6.07) is 4.86. The van der Waals surface area contributed by atoms with Gasteiger partial charge in [0.15, 0.2) is 0 Å². The fourth-order valence-corrected chi connectivity index (χ4v) is 3.68. The summed E-state index contributed by atoms with van der Waals surface area (Å²) in [7, 11) is 0. The van der Waals surface area contributed by atoms with E-state index in [4.69, 9.17) is 0 Å². The van der Waals surface area contributed by atoms with E-state index in [1.165, 1.54) is 30.0 Å². The molecule has 142 valence electrons. The summed E-state index contributed by atoms with van der Waals surface area (Å²) >= 11 is 0. The monoisotopic (exact) mass is 380 g/mol. The highest BCUT2D eigenvalue weighted by Crippen LogP contribution is 2.39. The van der Waals surface area contributed by atoms with Gasteiger partial charge in [0.2, 0.25) is 0 Å². The van der Waals surface area contributed by atoms with E-state index in [0.717, 1.165) is 17.3 Å². The van der Waals surface area contributed by atoms with Gasteiger partial charge in [0.1, 0.15) is 11.6 Å². The molecule has 1 saturated carbocycles. The van der Waals surface area contributed by atoms with Gasteiger partial charge < -0.3 is 0 Å². The maximum atomic E-state index is 13.5. The number of amides is 1. The Labute approximate surface area is 160 Å². The van der Waals surface area contributed by atoms with Crippen LogP contribution in [-0.2, 0) is 11.3 Å². The molecule has 0 saturated heterocycles. The Balaban J connectivity index is 1.31. The molecule has 0 bridgehead atoms. The second-order valence-corrected chi connectivity index (χ2v) is 7.50. The van der Waals surface area contributed by atoms with Gasteiger partial charge in [-0.05, 0) is 42.2 Å². The van der Waals surface area contributed by atoms with Crippen molar-refractivity contribution in [1.82, 2.24) is 14.8 Å². The lowest BCUT2D eigenvalue weighted by atomic mass is 9.95. The third-order valence-corrected chi connectivity index (χ3v) is 5.29. The molecule has 1 fully saturated rings. The van der Waals surface area contributed by atoms with Gasteiger partial charge in [-0.15, -0.1) is 5.73 Å². The molecular formula is C21H18F2N4O. The van der Waals surface area contributed by atoms with Gasteiger partial charge in [-0.3, -0.25) is 9.48 Å². The average molecular weight is 380 g/mol. The number of rotatable bonds is 5. The van der Waals surface area contributed by atoms with E-state index in [1.807, 2.05) is 16.9 Å². The van der Waals surface area contributed by atoms with E-state index in [0.29, 0.717) is 36.4 Å². The predicted octanol–water partition coefficient (Wildman–Crippen LogP) is 3.85. The third-order valence-electron chi connectivity index (χ3n) is 5.29. The van der Waals surface area contributed by atoms with Crippen LogP contribution in [-0.4, -0.2) is 26.9 Å². The van der Waals surface area contributed by atoms with Gasteiger partial charge in [-0.1, -0.05) is 0 Å².